The molecule has 1 amide bonds. The van der Waals surface area contributed by atoms with E-state index in [1.54, 1.807) is 24.4 Å². The number of carboxylic acid groups (broad SMARTS) is 1. The van der Waals surface area contributed by atoms with E-state index in [4.69, 9.17) is 15.2 Å². The molecule has 3 heterocycles. The number of fused-ring (bicyclic) bond motifs is 1. The lowest BCUT2D eigenvalue weighted by molar-refractivity contribution is -0.498. The Morgan fingerprint density at radius 1 is 1.15 bits per heavy atom. The second-order valence-corrected chi connectivity index (χ2v) is 6.38. The van der Waals surface area contributed by atoms with Crippen LogP contribution in [0.15, 0.2) is 67.3 Å². The number of nitrogens with zero attached hydrogens (tertiary/aromatic N) is 3. The SMILES string of the molecule is N#Cc1ccc(-c2[nH]c(C(=O)Nc3cc[nH+]cn3)c3cccc[n+]23)cc1.O=C([O-])C(F)(F)F. The number of imidazole rings is 1. The van der Waals surface area contributed by atoms with Crippen LogP contribution >= 0.6 is 0 Å². The number of amides is 1. The molecule has 0 saturated heterocycles. The molecule has 0 unspecified atom stereocenters. The van der Waals surface area contributed by atoms with Crippen LogP contribution in [0.5, 0.6) is 0 Å². The fraction of sp³-hybridized carbons (Fsp3) is 0.0476. The molecule has 0 radical (unpaired) electrons. The number of nitrogens with one attached hydrogen (secondary N) is 3. The zero-order valence-electron chi connectivity index (χ0n) is 16.6. The quantitative estimate of drug-likeness (QED) is 0.445. The van der Waals surface area contributed by atoms with Crippen LogP contribution in [0.2, 0.25) is 0 Å². The maximum Gasteiger partial charge on any atom is 0.430 e. The molecule has 4 aromatic rings. The van der Waals surface area contributed by atoms with Gasteiger partial charge in [0, 0.05) is 6.07 Å². The lowest BCUT2D eigenvalue weighted by Crippen LogP contribution is -2.37. The second-order valence-electron chi connectivity index (χ2n) is 6.38. The molecule has 1 aromatic carbocycles. The van der Waals surface area contributed by atoms with Crippen molar-refractivity contribution in [2.24, 2.45) is 0 Å². The van der Waals surface area contributed by atoms with Gasteiger partial charge >= 0.3 is 12.1 Å². The normalized spacial score (nSPS) is 10.6. The number of H-pyrrole nitrogens is 2. The van der Waals surface area contributed by atoms with E-state index in [1.165, 1.54) is 6.33 Å². The van der Waals surface area contributed by atoms with Gasteiger partial charge < -0.3 is 9.90 Å². The minimum absolute atomic E-state index is 0.285. The molecule has 3 N–H and O–H groups in total. The Balaban J connectivity index is 0.000000383. The van der Waals surface area contributed by atoms with Crippen LogP contribution in [-0.4, -0.2) is 28.0 Å². The van der Waals surface area contributed by atoms with E-state index in [9.17, 15) is 18.0 Å². The predicted octanol–water partition coefficient (Wildman–Crippen LogP) is 1.05. The van der Waals surface area contributed by atoms with Gasteiger partial charge in [0.1, 0.15) is 5.97 Å². The summed E-state index contributed by atoms with van der Waals surface area (Å²) in [6.45, 7) is 0. The summed E-state index contributed by atoms with van der Waals surface area (Å²) in [5.41, 5.74) is 2.63. The third kappa shape index (κ3) is 5.47. The zero-order valence-corrected chi connectivity index (χ0v) is 16.6. The van der Waals surface area contributed by atoms with Gasteiger partial charge in [-0.1, -0.05) is 6.07 Å². The number of hydrogen-bond donors (Lipinski definition) is 2. The van der Waals surface area contributed by atoms with Crippen LogP contribution in [0.4, 0.5) is 19.0 Å². The molecule has 166 valence electrons. The van der Waals surface area contributed by atoms with Crippen LogP contribution in [0.3, 0.4) is 0 Å². The molecular weight excluding hydrogens is 441 g/mol. The molecular formula is C21H14F3N6O3+. The van der Waals surface area contributed by atoms with Crippen LogP contribution in [0, 0.1) is 11.3 Å². The average Bonchev–Trinajstić information content (AvgIpc) is 3.19. The summed E-state index contributed by atoms with van der Waals surface area (Å²) < 4.78 is 33.5. The summed E-state index contributed by atoms with van der Waals surface area (Å²) in [6.07, 6.45) is -0.127. The topological polar surface area (TPSA) is 140 Å². The number of aromatic amines is 2. The third-order valence-corrected chi connectivity index (χ3v) is 4.20. The molecule has 0 aliphatic heterocycles. The van der Waals surface area contributed by atoms with Crippen molar-refractivity contribution in [1.29, 1.82) is 5.26 Å². The molecule has 0 saturated carbocycles. The van der Waals surface area contributed by atoms with Gasteiger partial charge in [-0.2, -0.15) is 22.8 Å². The number of hydrogen-bond acceptors (Lipinski definition) is 5. The zero-order chi connectivity index (χ0) is 24.0. The monoisotopic (exact) mass is 455 g/mol. The van der Waals surface area contributed by atoms with Crippen molar-refractivity contribution in [2.45, 2.75) is 6.18 Å². The lowest BCUT2D eigenvalue weighted by atomic mass is 10.1. The molecule has 12 heteroatoms. The van der Waals surface area contributed by atoms with Gasteiger partial charge in [-0.3, -0.25) is 15.1 Å². The highest BCUT2D eigenvalue weighted by Gasteiger charge is 2.29. The summed E-state index contributed by atoms with van der Waals surface area (Å²) in [7, 11) is 0. The van der Waals surface area contributed by atoms with Gasteiger partial charge in [-0.25, -0.2) is 4.98 Å². The number of carbonyl (C=O) groups excluding carboxylic acids is 2. The maximum atomic E-state index is 12.7. The number of halogens is 3. The number of aromatic nitrogens is 4. The van der Waals surface area contributed by atoms with Crippen LogP contribution in [0.25, 0.3) is 16.9 Å². The predicted molar refractivity (Wildman–Crippen MR) is 104 cm³/mol. The van der Waals surface area contributed by atoms with Crippen LogP contribution < -0.4 is 19.8 Å². The van der Waals surface area contributed by atoms with E-state index in [0.29, 0.717) is 17.1 Å². The number of nitriles is 1. The molecule has 0 spiro atoms. The fourth-order valence-corrected chi connectivity index (χ4v) is 2.74. The third-order valence-electron chi connectivity index (χ3n) is 4.20. The van der Waals surface area contributed by atoms with E-state index in [1.807, 2.05) is 40.9 Å². The van der Waals surface area contributed by atoms with Crippen molar-refractivity contribution < 1.29 is 37.3 Å². The smallest absolute Gasteiger partial charge is 0.430 e. The van der Waals surface area contributed by atoms with E-state index < -0.39 is 12.1 Å². The number of benzene rings is 1. The summed E-state index contributed by atoms with van der Waals surface area (Å²) in [4.78, 5) is 31.6. The Labute approximate surface area is 183 Å². The first kappa shape index (κ1) is 22.9. The Morgan fingerprint density at radius 3 is 2.42 bits per heavy atom. The molecule has 9 nitrogen and oxygen atoms in total. The van der Waals surface area contributed by atoms with Gasteiger partial charge in [0.15, 0.2) is 5.52 Å². The van der Waals surface area contributed by atoms with Crippen LogP contribution in [-0.2, 0) is 4.79 Å². The molecule has 0 fully saturated rings. The number of aliphatic carboxylic acids is 1. The Hall–Kier alpha value is -4.79. The largest absolute Gasteiger partial charge is 0.542 e. The highest BCUT2D eigenvalue weighted by molar-refractivity contribution is 6.06. The Kier molecular flexibility index (Phi) is 6.63. The fourth-order valence-electron chi connectivity index (χ4n) is 2.74. The Morgan fingerprint density at radius 2 is 1.85 bits per heavy atom. The van der Waals surface area contributed by atoms with E-state index in [2.05, 4.69) is 26.3 Å². The van der Waals surface area contributed by atoms with Crippen molar-refractivity contribution in [2.75, 3.05) is 5.32 Å². The van der Waals surface area contributed by atoms with Crippen molar-refractivity contribution in [3.63, 3.8) is 0 Å². The van der Waals surface area contributed by atoms with E-state index in [0.717, 1.165) is 16.9 Å². The average molecular weight is 455 g/mol. The molecule has 0 aliphatic rings. The Bertz CT molecular complexity index is 1330. The summed E-state index contributed by atoms with van der Waals surface area (Å²) >= 11 is 0. The minimum atomic E-state index is -5.19. The summed E-state index contributed by atoms with van der Waals surface area (Å²) in [6, 6.07) is 16.6. The summed E-state index contributed by atoms with van der Waals surface area (Å²) in [5, 5.41) is 20.5. The van der Waals surface area contributed by atoms with E-state index in [-0.39, 0.29) is 5.91 Å². The highest BCUT2D eigenvalue weighted by Crippen LogP contribution is 2.19. The molecule has 0 atom stereocenters. The van der Waals surface area contributed by atoms with Gasteiger partial charge in [-0.05, 0) is 41.4 Å². The van der Waals surface area contributed by atoms with Gasteiger partial charge in [0.25, 0.3) is 18.0 Å². The van der Waals surface area contributed by atoms with Gasteiger partial charge in [0.05, 0.1) is 29.6 Å². The van der Waals surface area contributed by atoms with Gasteiger partial charge in [0.2, 0.25) is 5.69 Å². The molecule has 0 bridgehead atoms. The van der Waals surface area contributed by atoms with Crippen molar-refractivity contribution in [3.05, 3.63) is 78.5 Å². The second kappa shape index (κ2) is 9.56. The number of pyridine rings is 1. The first-order valence-electron chi connectivity index (χ1n) is 9.15. The van der Waals surface area contributed by atoms with Crippen LogP contribution in [0.1, 0.15) is 16.1 Å². The molecule has 4 rings (SSSR count). The number of alkyl halides is 3. The molecule has 0 aliphatic carbocycles. The molecule has 3 aromatic heterocycles. The molecule has 33 heavy (non-hydrogen) atoms. The lowest BCUT2D eigenvalue weighted by Gasteiger charge is -2.03. The number of rotatable bonds is 3. The number of carbonyl (C=O) groups is 2. The summed E-state index contributed by atoms with van der Waals surface area (Å²) in [5.74, 6) is -2.08. The van der Waals surface area contributed by atoms with Crippen molar-refractivity contribution in [1.82, 2.24) is 9.97 Å². The minimum Gasteiger partial charge on any atom is -0.542 e. The van der Waals surface area contributed by atoms with Crippen molar-refractivity contribution >= 4 is 23.2 Å². The van der Waals surface area contributed by atoms with Crippen molar-refractivity contribution in [3.8, 4) is 17.5 Å². The standard InChI is InChI=1S/C19H12N6O.C2HF3O2/c20-11-13-4-6-14(7-5-13)18-24-17(15-3-1-2-10-25(15)18)19(26)23-16-8-9-21-12-22-16;3-2(4,5)1(6)7/h1-10,12H,(H,21,22,23,26);(H,6,7)/p+1. The number of carboxylic acids is 1. The first-order valence-corrected chi connectivity index (χ1v) is 9.15. The van der Waals surface area contributed by atoms with E-state index >= 15 is 0 Å². The number of anilines is 1. The first-order chi connectivity index (χ1) is 15.7. The maximum absolute atomic E-state index is 12.7. The highest BCUT2D eigenvalue weighted by atomic mass is 19.4. The van der Waals surface area contributed by atoms with Gasteiger partial charge in [-0.15, -0.1) is 0 Å².